The number of pyridine rings is 1. The highest BCUT2D eigenvalue weighted by Crippen LogP contribution is 2.34. The van der Waals surface area contributed by atoms with Crippen molar-refractivity contribution in [1.29, 1.82) is 0 Å². The van der Waals surface area contributed by atoms with E-state index in [-0.39, 0.29) is 6.04 Å². The Morgan fingerprint density at radius 1 is 1.07 bits per heavy atom. The quantitative estimate of drug-likeness (QED) is 0.691. The van der Waals surface area contributed by atoms with Crippen LogP contribution in [0.2, 0.25) is 0 Å². The molecule has 0 radical (unpaired) electrons. The molecule has 0 unspecified atom stereocenters. The number of phenols is 1. The van der Waals surface area contributed by atoms with Crippen molar-refractivity contribution < 1.29 is 14.4 Å². The van der Waals surface area contributed by atoms with Gasteiger partial charge in [-0.2, -0.15) is 4.98 Å². The fraction of sp³-hybridized carbons (Fsp3) is 0.409. The SMILES string of the molecule is Oc1ccccc1CN1CCC[C@H]1c1nc(-c2ccc(N3CCOCC3)nc2)no1. The van der Waals surface area contributed by atoms with Crippen molar-refractivity contribution >= 4 is 5.82 Å². The summed E-state index contributed by atoms with van der Waals surface area (Å²) < 4.78 is 11.0. The minimum absolute atomic E-state index is 0.0615. The molecular weight excluding hydrogens is 382 g/mol. The van der Waals surface area contributed by atoms with Crippen LogP contribution in [0.15, 0.2) is 47.1 Å². The first-order chi connectivity index (χ1) is 14.8. The summed E-state index contributed by atoms with van der Waals surface area (Å²) in [6.45, 7) is 4.77. The molecule has 0 bridgehead atoms. The lowest BCUT2D eigenvalue weighted by Gasteiger charge is -2.27. The Labute approximate surface area is 175 Å². The highest BCUT2D eigenvalue weighted by Gasteiger charge is 2.31. The number of morpholine rings is 1. The van der Waals surface area contributed by atoms with Crippen LogP contribution < -0.4 is 4.90 Å². The number of benzene rings is 1. The molecule has 2 aliphatic heterocycles. The normalized spacial score (nSPS) is 20.0. The molecule has 0 spiro atoms. The maximum absolute atomic E-state index is 10.1. The summed E-state index contributed by atoms with van der Waals surface area (Å²) in [6, 6.07) is 11.5. The van der Waals surface area contributed by atoms with Gasteiger partial charge in [0.25, 0.3) is 0 Å². The summed E-state index contributed by atoms with van der Waals surface area (Å²) in [6.07, 6.45) is 3.82. The predicted octanol–water partition coefficient (Wildman–Crippen LogP) is 3.01. The Hall–Kier alpha value is -2.97. The molecule has 2 aromatic heterocycles. The zero-order valence-corrected chi connectivity index (χ0v) is 16.8. The van der Waals surface area contributed by atoms with Gasteiger partial charge in [-0.25, -0.2) is 4.98 Å². The van der Waals surface area contributed by atoms with Crippen LogP contribution in [0, 0.1) is 0 Å². The van der Waals surface area contributed by atoms with Crippen molar-refractivity contribution in [2.24, 2.45) is 0 Å². The van der Waals surface area contributed by atoms with Gasteiger partial charge in [0.15, 0.2) is 0 Å². The van der Waals surface area contributed by atoms with E-state index >= 15 is 0 Å². The van der Waals surface area contributed by atoms with Gasteiger partial charge < -0.3 is 19.3 Å². The van der Waals surface area contributed by atoms with Crippen LogP contribution in [0.5, 0.6) is 5.75 Å². The molecule has 0 aliphatic carbocycles. The third-order valence-corrected chi connectivity index (χ3v) is 5.80. The Morgan fingerprint density at radius 3 is 2.73 bits per heavy atom. The van der Waals surface area contributed by atoms with E-state index in [9.17, 15) is 5.11 Å². The predicted molar refractivity (Wildman–Crippen MR) is 111 cm³/mol. The fourth-order valence-corrected chi connectivity index (χ4v) is 4.14. The third kappa shape index (κ3) is 3.88. The zero-order chi connectivity index (χ0) is 20.3. The minimum Gasteiger partial charge on any atom is -0.508 e. The molecular formula is C22H25N5O3. The molecule has 3 aromatic rings. The van der Waals surface area contributed by atoms with E-state index < -0.39 is 0 Å². The van der Waals surface area contributed by atoms with E-state index in [1.54, 1.807) is 12.3 Å². The van der Waals surface area contributed by atoms with Crippen LogP contribution >= 0.6 is 0 Å². The van der Waals surface area contributed by atoms with Crippen molar-refractivity contribution in [3.63, 3.8) is 0 Å². The molecule has 5 rings (SSSR count). The molecule has 156 valence electrons. The number of para-hydroxylation sites is 1. The van der Waals surface area contributed by atoms with Crippen LogP contribution in [-0.2, 0) is 11.3 Å². The molecule has 4 heterocycles. The summed E-state index contributed by atoms with van der Waals surface area (Å²) >= 11 is 0. The van der Waals surface area contributed by atoms with Gasteiger partial charge in [-0.3, -0.25) is 4.90 Å². The van der Waals surface area contributed by atoms with Gasteiger partial charge >= 0.3 is 0 Å². The Morgan fingerprint density at radius 2 is 1.93 bits per heavy atom. The molecule has 1 aromatic carbocycles. The van der Waals surface area contributed by atoms with Gasteiger partial charge in [0.05, 0.1) is 19.3 Å². The van der Waals surface area contributed by atoms with Crippen LogP contribution in [0.1, 0.15) is 30.3 Å². The second kappa shape index (κ2) is 8.41. The van der Waals surface area contributed by atoms with Gasteiger partial charge in [-0.05, 0) is 37.6 Å². The first kappa shape index (κ1) is 19.0. The summed E-state index contributed by atoms with van der Waals surface area (Å²) in [5.74, 6) is 2.44. The number of rotatable bonds is 5. The van der Waals surface area contributed by atoms with Crippen LogP contribution in [0.25, 0.3) is 11.4 Å². The number of likely N-dealkylation sites (tertiary alicyclic amines) is 1. The van der Waals surface area contributed by atoms with Crippen LogP contribution in [-0.4, -0.2) is 58.0 Å². The lowest BCUT2D eigenvalue weighted by atomic mass is 10.1. The van der Waals surface area contributed by atoms with E-state index in [2.05, 4.69) is 24.9 Å². The van der Waals surface area contributed by atoms with Crippen molar-refractivity contribution in [2.45, 2.75) is 25.4 Å². The Balaban J connectivity index is 1.30. The fourth-order valence-electron chi connectivity index (χ4n) is 4.14. The number of ether oxygens (including phenoxy) is 1. The molecule has 30 heavy (non-hydrogen) atoms. The summed E-state index contributed by atoms with van der Waals surface area (Å²) in [4.78, 5) is 13.7. The molecule has 2 saturated heterocycles. The standard InChI is InChI=1S/C22H25N5O3/c28-19-6-2-1-4-17(19)15-27-9-3-5-18(27)22-24-21(25-30-22)16-7-8-20(23-14-16)26-10-12-29-13-11-26/h1-2,4,6-8,14,18,28H,3,5,9-13,15H2/t18-/m0/s1. The highest BCUT2D eigenvalue weighted by atomic mass is 16.5. The number of hydrogen-bond acceptors (Lipinski definition) is 8. The number of hydrogen-bond donors (Lipinski definition) is 1. The van der Waals surface area contributed by atoms with E-state index in [4.69, 9.17) is 9.26 Å². The lowest BCUT2D eigenvalue weighted by Crippen LogP contribution is -2.36. The van der Waals surface area contributed by atoms with Gasteiger partial charge in [-0.15, -0.1) is 0 Å². The van der Waals surface area contributed by atoms with Gasteiger partial charge in [0, 0.05) is 37.0 Å². The third-order valence-electron chi connectivity index (χ3n) is 5.80. The van der Waals surface area contributed by atoms with Crippen molar-refractivity contribution in [3.8, 4) is 17.1 Å². The molecule has 8 nitrogen and oxygen atoms in total. The van der Waals surface area contributed by atoms with Crippen LogP contribution in [0.4, 0.5) is 5.82 Å². The van der Waals surface area contributed by atoms with Gasteiger partial charge in [0.1, 0.15) is 11.6 Å². The molecule has 0 amide bonds. The molecule has 8 heteroatoms. The minimum atomic E-state index is 0.0615. The monoisotopic (exact) mass is 407 g/mol. The number of phenolic OH excluding ortho intramolecular Hbond substituents is 1. The second-order valence-electron chi connectivity index (χ2n) is 7.72. The lowest BCUT2D eigenvalue weighted by molar-refractivity contribution is 0.122. The topological polar surface area (TPSA) is 87.8 Å². The van der Waals surface area contributed by atoms with E-state index in [0.29, 0.717) is 24.0 Å². The van der Waals surface area contributed by atoms with Crippen molar-refractivity contribution in [3.05, 3.63) is 54.0 Å². The average molecular weight is 407 g/mol. The molecule has 2 fully saturated rings. The van der Waals surface area contributed by atoms with Crippen molar-refractivity contribution in [1.82, 2.24) is 20.0 Å². The molecule has 0 saturated carbocycles. The first-order valence-electron chi connectivity index (χ1n) is 10.4. The van der Waals surface area contributed by atoms with E-state index in [1.807, 2.05) is 30.3 Å². The summed E-state index contributed by atoms with van der Waals surface area (Å²) in [5, 5.41) is 14.3. The Bertz CT molecular complexity index is 984. The molecule has 1 N–H and O–H groups in total. The number of aromatic hydroxyl groups is 1. The van der Waals surface area contributed by atoms with E-state index in [0.717, 1.165) is 62.6 Å². The summed E-state index contributed by atoms with van der Waals surface area (Å²) in [5.41, 5.74) is 1.75. The first-order valence-corrected chi connectivity index (χ1v) is 10.4. The summed E-state index contributed by atoms with van der Waals surface area (Å²) in [7, 11) is 0. The zero-order valence-electron chi connectivity index (χ0n) is 16.8. The maximum atomic E-state index is 10.1. The largest absolute Gasteiger partial charge is 0.508 e. The Kier molecular flexibility index (Phi) is 5.33. The molecule has 2 aliphatic rings. The number of aromatic nitrogens is 3. The van der Waals surface area contributed by atoms with Gasteiger partial charge in [0.2, 0.25) is 11.7 Å². The highest BCUT2D eigenvalue weighted by molar-refractivity contribution is 5.56. The van der Waals surface area contributed by atoms with Gasteiger partial charge in [-0.1, -0.05) is 23.4 Å². The second-order valence-corrected chi connectivity index (χ2v) is 7.72. The smallest absolute Gasteiger partial charge is 0.244 e. The van der Waals surface area contributed by atoms with Crippen molar-refractivity contribution in [2.75, 3.05) is 37.7 Å². The number of nitrogens with zero attached hydrogens (tertiary/aromatic N) is 5. The molecule has 1 atom stereocenters. The van der Waals surface area contributed by atoms with E-state index in [1.165, 1.54) is 0 Å². The number of anilines is 1. The maximum Gasteiger partial charge on any atom is 0.244 e. The van der Waals surface area contributed by atoms with Crippen LogP contribution in [0.3, 0.4) is 0 Å². The average Bonchev–Trinajstić information content (AvgIpc) is 3.46.